The van der Waals surface area contributed by atoms with Crippen LogP contribution in [0.15, 0.2) is 17.2 Å². The van der Waals surface area contributed by atoms with Gasteiger partial charge < -0.3 is 4.98 Å². The second-order valence-corrected chi connectivity index (χ2v) is 3.14. The minimum Gasteiger partial charge on any atom is -0.305 e. The molecule has 0 atom stereocenters. The highest BCUT2D eigenvalue weighted by molar-refractivity contribution is 9.08. The van der Waals surface area contributed by atoms with Gasteiger partial charge in [-0.1, -0.05) is 15.9 Å². The van der Waals surface area contributed by atoms with Gasteiger partial charge in [-0.15, -0.1) is 0 Å². The van der Waals surface area contributed by atoms with Gasteiger partial charge in [-0.25, -0.2) is 4.98 Å². The van der Waals surface area contributed by atoms with Crippen molar-refractivity contribution in [3.05, 3.63) is 28.3 Å². The molecule has 0 aliphatic carbocycles. The Hall–Kier alpha value is -1.50. The fourth-order valence-electron chi connectivity index (χ4n) is 0.962. The summed E-state index contributed by atoms with van der Waals surface area (Å²) in [5.41, 5.74) is 0.926. The molecule has 14 heavy (non-hydrogen) atoms. The number of halogens is 1. The van der Waals surface area contributed by atoms with Crippen molar-refractivity contribution in [2.75, 3.05) is 0 Å². The fourth-order valence-corrected chi connectivity index (χ4v) is 1.36. The number of hydrogen-bond acceptors (Lipinski definition) is 4. The first-order valence-corrected chi connectivity index (χ1v) is 4.93. The molecule has 7 heteroatoms. The average molecular weight is 256 g/mol. The third-order valence-corrected chi connectivity index (χ3v) is 2.28. The van der Waals surface area contributed by atoms with Crippen molar-refractivity contribution in [3.63, 3.8) is 0 Å². The maximum absolute atomic E-state index is 11.4. The van der Waals surface area contributed by atoms with E-state index in [1.807, 2.05) is 0 Å². The number of aromatic amines is 2. The monoisotopic (exact) mass is 255 g/mol. The topological polar surface area (TPSA) is 87.3 Å². The van der Waals surface area contributed by atoms with Crippen LogP contribution in [0.4, 0.5) is 0 Å². The highest BCUT2D eigenvalue weighted by Crippen LogP contribution is 2.06. The second kappa shape index (κ2) is 3.70. The van der Waals surface area contributed by atoms with Gasteiger partial charge in [0.1, 0.15) is 5.69 Å². The van der Waals surface area contributed by atoms with Crippen LogP contribution in [-0.4, -0.2) is 25.4 Å². The number of nitrogens with zero attached hydrogens (tertiary/aromatic N) is 3. The standard InChI is InChI=1S/C7H6BrN5O/c8-1-4-2-9-6(11-7(4)14)5-3-10-13-12-5/h2-3H,1H2,(H,9,11,14)(H,10,12,13). The molecule has 0 aliphatic heterocycles. The van der Waals surface area contributed by atoms with Crippen LogP contribution < -0.4 is 5.56 Å². The zero-order valence-electron chi connectivity index (χ0n) is 6.99. The summed E-state index contributed by atoms with van der Waals surface area (Å²) >= 11 is 3.19. The molecule has 0 aliphatic rings. The van der Waals surface area contributed by atoms with Crippen LogP contribution >= 0.6 is 15.9 Å². The van der Waals surface area contributed by atoms with Gasteiger partial charge in [0.25, 0.3) is 5.56 Å². The van der Waals surface area contributed by atoms with E-state index in [1.165, 1.54) is 12.4 Å². The van der Waals surface area contributed by atoms with Gasteiger partial charge in [-0.2, -0.15) is 15.4 Å². The van der Waals surface area contributed by atoms with Crippen molar-refractivity contribution < 1.29 is 0 Å². The van der Waals surface area contributed by atoms with Crippen LogP contribution in [-0.2, 0) is 5.33 Å². The smallest absolute Gasteiger partial charge is 0.255 e. The highest BCUT2D eigenvalue weighted by atomic mass is 79.9. The molecular formula is C7H6BrN5O. The predicted molar refractivity (Wildman–Crippen MR) is 52.9 cm³/mol. The van der Waals surface area contributed by atoms with Gasteiger partial charge in [-0.3, -0.25) is 4.79 Å². The number of nitrogens with one attached hydrogen (secondary N) is 2. The van der Waals surface area contributed by atoms with Gasteiger partial charge >= 0.3 is 0 Å². The van der Waals surface area contributed by atoms with Crippen molar-refractivity contribution in [3.8, 4) is 11.5 Å². The van der Waals surface area contributed by atoms with Gasteiger partial charge in [0, 0.05) is 17.1 Å². The molecule has 72 valence electrons. The Balaban J connectivity index is 2.48. The minimum absolute atomic E-state index is 0.171. The summed E-state index contributed by atoms with van der Waals surface area (Å²) in [5.74, 6) is 0.411. The summed E-state index contributed by atoms with van der Waals surface area (Å²) in [6, 6.07) is 0. The summed E-state index contributed by atoms with van der Waals surface area (Å²) in [7, 11) is 0. The van der Waals surface area contributed by atoms with Crippen molar-refractivity contribution in [1.82, 2.24) is 25.4 Å². The molecule has 0 saturated carbocycles. The predicted octanol–water partition coefficient (Wildman–Crippen LogP) is 0.450. The van der Waals surface area contributed by atoms with Crippen molar-refractivity contribution in [2.24, 2.45) is 0 Å². The van der Waals surface area contributed by atoms with Crippen LogP contribution in [0.1, 0.15) is 5.56 Å². The molecule has 2 rings (SSSR count). The fraction of sp³-hybridized carbons (Fsp3) is 0.143. The van der Waals surface area contributed by atoms with Crippen LogP contribution in [0, 0.1) is 0 Å². The first-order valence-electron chi connectivity index (χ1n) is 3.81. The summed E-state index contributed by atoms with van der Waals surface area (Å²) in [6.45, 7) is 0. The third kappa shape index (κ3) is 1.58. The normalized spacial score (nSPS) is 10.4. The van der Waals surface area contributed by atoms with E-state index in [2.05, 4.69) is 41.3 Å². The molecule has 0 spiro atoms. The van der Waals surface area contributed by atoms with E-state index < -0.39 is 0 Å². The molecule has 0 unspecified atom stereocenters. The van der Waals surface area contributed by atoms with Crippen molar-refractivity contribution >= 4 is 15.9 Å². The highest BCUT2D eigenvalue weighted by Gasteiger charge is 2.05. The maximum Gasteiger partial charge on any atom is 0.255 e. The maximum atomic E-state index is 11.4. The molecule has 6 nitrogen and oxygen atoms in total. The number of alkyl halides is 1. The Morgan fingerprint density at radius 1 is 1.43 bits per heavy atom. The molecule has 2 aromatic rings. The van der Waals surface area contributed by atoms with Crippen LogP contribution in [0.2, 0.25) is 0 Å². The molecule has 0 fully saturated rings. The van der Waals surface area contributed by atoms with E-state index in [-0.39, 0.29) is 5.56 Å². The number of H-pyrrole nitrogens is 2. The Morgan fingerprint density at radius 3 is 2.86 bits per heavy atom. The quantitative estimate of drug-likeness (QED) is 0.763. The summed E-state index contributed by atoms with van der Waals surface area (Å²) in [4.78, 5) is 18.0. The van der Waals surface area contributed by atoms with E-state index >= 15 is 0 Å². The van der Waals surface area contributed by atoms with E-state index in [0.29, 0.717) is 22.4 Å². The zero-order valence-corrected chi connectivity index (χ0v) is 8.58. The van der Waals surface area contributed by atoms with E-state index in [4.69, 9.17) is 0 Å². The van der Waals surface area contributed by atoms with Gasteiger partial charge in [0.15, 0.2) is 5.82 Å². The van der Waals surface area contributed by atoms with E-state index in [1.54, 1.807) is 0 Å². The molecule has 0 amide bonds. The number of aromatic nitrogens is 5. The summed E-state index contributed by atoms with van der Waals surface area (Å²) in [5, 5.41) is 10.4. The first kappa shape index (κ1) is 9.07. The lowest BCUT2D eigenvalue weighted by Crippen LogP contribution is -2.13. The van der Waals surface area contributed by atoms with Gasteiger partial charge in [0.2, 0.25) is 0 Å². The second-order valence-electron chi connectivity index (χ2n) is 2.58. The molecule has 0 radical (unpaired) electrons. The Bertz CT molecular complexity index is 477. The molecule has 0 aromatic carbocycles. The third-order valence-electron chi connectivity index (χ3n) is 1.67. The molecule has 2 N–H and O–H groups in total. The lowest BCUT2D eigenvalue weighted by Gasteiger charge is -1.96. The molecular weight excluding hydrogens is 250 g/mol. The molecule has 2 heterocycles. The largest absolute Gasteiger partial charge is 0.305 e. The summed E-state index contributed by atoms with van der Waals surface area (Å²) in [6.07, 6.45) is 3.00. The SMILES string of the molecule is O=c1[nH]c(-c2cn[nH]n2)ncc1CBr. The van der Waals surface area contributed by atoms with Crippen LogP contribution in [0.5, 0.6) is 0 Å². The molecule has 0 bridgehead atoms. The first-order chi connectivity index (χ1) is 6.81. The lowest BCUT2D eigenvalue weighted by atomic mass is 10.3. The van der Waals surface area contributed by atoms with Crippen molar-refractivity contribution in [1.29, 1.82) is 0 Å². The van der Waals surface area contributed by atoms with Gasteiger partial charge in [0.05, 0.1) is 6.20 Å². The Morgan fingerprint density at radius 2 is 2.29 bits per heavy atom. The van der Waals surface area contributed by atoms with E-state index in [0.717, 1.165) is 0 Å². The lowest BCUT2D eigenvalue weighted by molar-refractivity contribution is 0.936. The zero-order chi connectivity index (χ0) is 9.97. The molecule has 2 aromatic heterocycles. The number of hydrogen-bond donors (Lipinski definition) is 2. The van der Waals surface area contributed by atoms with E-state index in [9.17, 15) is 4.79 Å². The van der Waals surface area contributed by atoms with Gasteiger partial charge in [-0.05, 0) is 0 Å². The Kier molecular flexibility index (Phi) is 2.40. The Labute approximate surface area is 86.9 Å². The average Bonchev–Trinajstić information content (AvgIpc) is 2.70. The summed E-state index contributed by atoms with van der Waals surface area (Å²) < 4.78 is 0. The molecule has 0 saturated heterocycles. The van der Waals surface area contributed by atoms with Crippen LogP contribution in [0.3, 0.4) is 0 Å². The number of rotatable bonds is 2. The van der Waals surface area contributed by atoms with Crippen LogP contribution in [0.25, 0.3) is 11.5 Å². The minimum atomic E-state index is -0.171. The van der Waals surface area contributed by atoms with Crippen molar-refractivity contribution in [2.45, 2.75) is 5.33 Å².